The van der Waals surface area contributed by atoms with Crippen LogP contribution in [0.25, 0.3) is 11.8 Å². The van der Waals surface area contributed by atoms with E-state index in [-0.39, 0.29) is 11.6 Å². The molecule has 0 bridgehead atoms. The molecule has 0 amide bonds. The minimum Gasteiger partial charge on any atom is -0.475 e. The molecule has 1 aliphatic carbocycles. The lowest BCUT2D eigenvalue weighted by molar-refractivity contribution is -0.192. The molecule has 0 saturated carbocycles. The van der Waals surface area contributed by atoms with Gasteiger partial charge in [-0.3, -0.25) is 4.79 Å². The number of benzene rings is 1. The SMILES string of the molecule is O=C(O)C(F)(F)F.O=C(c1nccs1)C12CNCCC1=Cc1c(cnn1-c1ccc(F)cc1)C2. The summed E-state index contributed by atoms with van der Waals surface area (Å²) >= 11 is 1.39. The number of carbonyl (C=O) groups excluding carboxylic acids is 1. The van der Waals surface area contributed by atoms with E-state index in [1.807, 2.05) is 16.3 Å². The van der Waals surface area contributed by atoms with Gasteiger partial charge in [0.25, 0.3) is 0 Å². The van der Waals surface area contributed by atoms with Crippen LogP contribution in [0.3, 0.4) is 0 Å². The summed E-state index contributed by atoms with van der Waals surface area (Å²) in [5.74, 6) is -2.95. The molecular weight excluding hydrogens is 476 g/mol. The van der Waals surface area contributed by atoms with Crippen LogP contribution in [-0.4, -0.2) is 50.9 Å². The maximum absolute atomic E-state index is 13.3. The second-order valence-corrected chi connectivity index (χ2v) is 8.66. The van der Waals surface area contributed by atoms with Crippen LogP contribution >= 0.6 is 11.3 Å². The minimum atomic E-state index is -5.08. The van der Waals surface area contributed by atoms with Gasteiger partial charge < -0.3 is 10.4 Å². The van der Waals surface area contributed by atoms with Gasteiger partial charge in [0, 0.05) is 18.1 Å². The molecule has 1 saturated heterocycles. The molecule has 5 rings (SSSR count). The van der Waals surface area contributed by atoms with Crippen LogP contribution in [0.2, 0.25) is 0 Å². The number of carboxylic acids is 1. The highest BCUT2D eigenvalue weighted by Gasteiger charge is 2.47. The van der Waals surface area contributed by atoms with Crippen LogP contribution in [0.5, 0.6) is 0 Å². The lowest BCUT2D eigenvalue weighted by Crippen LogP contribution is -2.49. The third-order valence-corrected chi connectivity index (χ3v) is 6.45. The fourth-order valence-corrected chi connectivity index (χ4v) is 4.75. The highest BCUT2D eigenvalue weighted by Crippen LogP contribution is 2.44. The van der Waals surface area contributed by atoms with Gasteiger partial charge in [-0.25, -0.2) is 18.9 Å². The van der Waals surface area contributed by atoms with E-state index in [0.29, 0.717) is 18.0 Å². The zero-order chi connectivity index (χ0) is 24.5. The fraction of sp³-hybridized carbons (Fsp3) is 0.273. The molecule has 1 unspecified atom stereocenters. The summed E-state index contributed by atoms with van der Waals surface area (Å²) in [7, 11) is 0. The normalized spacial score (nSPS) is 19.2. The van der Waals surface area contributed by atoms with Crippen molar-refractivity contribution in [2.45, 2.75) is 19.0 Å². The van der Waals surface area contributed by atoms with E-state index in [9.17, 15) is 22.4 Å². The van der Waals surface area contributed by atoms with Gasteiger partial charge >= 0.3 is 12.1 Å². The average molecular weight is 494 g/mol. The Morgan fingerprint density at radius 3 is 2.53 bits per heavy atom. The number of hydrogen-bond acceptors (Lipinski definition) is 6. The predicted molar refractivity (Wildman–Crippen MR) is 115 cm³/mol. The molecule has 7 nitrogen and oxygen atoms in total. The number of rotatable bonds is 3. The van der Waals surface area contributed by atoms with Gasteiger partial charge in [-0.05, 0) is 55.3 Å². The van der Waals surface area contributed by atoms with Gasteiger partial charge in [0.05, 0.1) is 23.0 Å². The van der Waals surface area contributed by atoms with Crippen LogP contribution in [-0.2, 0) is 11.2 Å². The topological polar surface area (TPSA) is 97.1 Å². The lowest BCUT2D eigenvalue weighted by Gasteiger charge is -2.40. The Kier molecular flexibility index (Phi) is 6.36. The van der Waals surface area contributed by atoms with Gasteiger partial charge in [0.2, 0.25) is 5.78 Å². The molecular formula is C22H18F4N4O3S. The Bertz CT molecular complexity index is 1240. The van der Waals surface area contributed by atoms with E-state index in [1.54, 1.807) is 18.3 Å². The number of carbonyl (C=O) groups is 2. The van der Waals surface area contributed by atoms with Crippen molar-refractivity contribution < 1.29 is 32.3 Å². The number of nitrogens with one attached hydrogen (secondary N) is 1. The monoisotopic (exact) mass is 494 g/mol. The van der Waals surface area contributed by atoms with E-state index < -0.39 is 17.6 Å². The first-order valence-electron chi connectivity index (χ1n) is 10.1. The molecule has 3 heterocycles. The second-order valence-electron chi connectivity index (χ2n) is 7.77. The number of aliphatic carboxylic acids is 1. The summed E-state index contributed by atoms with van der Waals surface area (Å²) in [6, 6.07) is 6.29. The van der Waals surface area contributed by atoms with Gasteiger partial charge in [-0.2, -0.15) is 18.3 Å². The maximum atomic E-state index is 13.3. The van der Waals surface area contributed by atoms with Gasteiger partial charge in [0.1, 0.15) is 5.82 Å². The number of Topliss-reactive ketones (excluding diaryl/α,β-unsaturated/α-hetero) is 1. The summed E-state index contributed by atoms with van der Waals surface area (Å²) in [6.45, 7) is 1.46. The quantitative estimate of drug-likeness (QED) is 0.424. The predicted octanol–water partition coefficient (Wildman–Crippen LogP) is 3.90. The molecule has 34 heavy (non-hydrogen) atoms. The van der Waals surface area contributed by atoms with Crippen molar-refractivity contribution in [3.63, 3.8) is 0 Å². The van der Waals surface area contributed by atoms with Crippen molar-refractivity contribution >= 4 is 29.2 Å². The first kappa shape index (κ1) is 23.8. The Labute approximate surface area is 194 Å². The van der Waals surface area contributed by atoms with Gasteiger partial charge in [0.15, 0.2) is 5.01 Å². The van der Waals surface area contributed by atoms with Gasteiger partial charge in [-0.1, -0.05) is 5.57 Å². The number of nitrogens with zero attached hydrogens (tertiary/aromatic N) is 3. The first-order valence-corrected chi connectivity index (χ1v) is 11.0. The lowest BCUT2D eigenvalue weighted by atomic mass is 9.66. The molecule has 1 fully saturated rings. The van der Waals surface area contributed by atoms with Crippen LogP contribution in [0.1, 0.15) is 27.5 Å². The third kappa shape index (κ3) is 4.50. The summed E-state index contributed by atoms with van der Waals surface area (Å²) < 4.78 is 46.8. The second kappa shape index (κ2) is 9.11. The highest BCUT2D eigenvalue weighted by molar-refractivity contribution is 7.11. The van der Waals surface area contributed by atoms with Crippen molar-refractivity contribution in [3.8, 4) is 5.69 Å². The summed E-state index contributed by atoms with van der Waals surface area (Å²) in [4.78, 5) is 26.5. The number of ketones is 1. The number of thiazole rings is 1. The zero-order valence-corrected chi connectivity index (χ0v) is 18.3. The van der Waals surface area contributed by atoms with E-state index in [4.69, 9.17) is 9.90 Å². The number of aromatic nitrogens is 3. The van der Waals surface area contributed by atoms with Gasteiger partial charge in [-0.15, -0.1) is 11.3 Å². The number of fused-ring (bicyclic) bond motifs is 2. The number of piperidine rings is 1. The van der Waals surface area contributed by atoms with Crippen LogP contribution in [0.15, 0.2) is 47.6 Å². The van der Waals surface area contributed by atoms with Crippen molar-refractivity contribution in [2.24, 2.45) is 5.41 Å². The molecule has 2 aromatic heterocycles. The molecule has 1 aliphatic heterocycles. The van der Waals surface area contributed by atoms with Crippen molar-refractivity contribution in [2.75, 3.05) is 13.1 Å². The number of hydrogen-bond donors (Lipinski definition) is 2. The molecule has 178 valence electrons. The summed E-state index contributed by atoms with van der Waals surface area (Å²) in [5.41, 5.74) is 3.33. The average Bonchev–Trinajstić information content (AvgIpc) is 3.47. The van der Waals surface area contributed by atoms with Crippen LogP contribution in [0.4, 0.5) is 17.6 Å². The molecule has 2 aliphatic rings. The third-order valence-electron chi connectivity index (χ3n) is 5.68. The Morgan fingerprint density at radius 1 is 1.21 bits per heavy atom. The summed E-state index contributed by atoms with van der Waals surface area (Å²) in [6.07, 6.45) is 1.92. The Balaban J connectivity index is 0.000000344. The zero-order valence-electron chi connectivity index (χ0n) is 17.5. The molecule has 2 N–H and O–H groups in total. The molecule has 12 heteroatoms. The minimum absolute atomic E-state index is 0.0798. The first-order chi connectivity index (χ1) is 16.1. The smallest absolute Gasteiger partial charge is 0.475 e. The van der Waals surface area contributed by atoms with Crippen LogP contribution in [0, 0.1) is 11.2 Å². The molecule has 1 atom stereocenters. The van der Waals surface area contributed by atoms with Crippen molar-refractivity contribution in [3.05, 3.63) is 69.7 Å². The highest BCUT2D eigenvalue weighted by atomic mass is 32.1. The molecule has 3 aromatic rings. The standard InChI is InChI=1S/C20H17FN4OS.C2HF3O2/c21-15-1-3-16(4-2-15)25-17-9-14-5-6-22-12-20(14,10-13(17)11-24-25)18(26)19-23-7-8-27-19;3-2(4,5)1(6)7/h1-4,7-9,11,22H,5-6,10,12H2;(H,6,7). The van der Waals surface area contributed by atoms with Crippen LogP contribution < -0.4 is 5.32 Å². The number of carboxylic acid groups (broad SMARTS) is 1. The van der Waals surface area contributed by atoms with E-state index in [2.05, 4.69) is 21.5 Å². The molecule has 0 radical (unpaired) electrons. The van der Waals surface area contributed by atoms with E-state index in [0.717, 1.165) is 35.5 Å². The van der Waals surface area contributed by atoms with Crippen molar-refractivity contribution in [1.29, 1.82) is 0 Å². The molecule has 1 aromatic carbocycles. The van der Waals surface area contributed by atoms with E-state index >= 15 is 0 Å². The summed E-state index contributed by atoms with van der Waals surface area (Å²) in [5, 5.41) is 17.4. The number of alkyl halides is 3. The number of halogens is 4. The Hall–Kier alpha value is -3.38. The Morgan fingerprint density at radius 2 is 1.91 bits per heavy atom. The maximum Gasteiger partial charge on any atom is 0.490 e. The fourth-order valence-electron chi connectivity index (χ4n) is 4.07. The molecule has 0 spiro atoms. The van der Waals surface area contributed by atoms with E-state index in [1.165, 1.54) is 23.5 Å². The van der Waals surface area contributed by atoms with Crippen molar-refractivity contribution in [1.82, 2.24) is 20.1 Å². The largest absolute Gasteiger partial charge is 0.490 e.